The van der Waals surface area contributed by atoms with E-state index in [1.54, 1.807) is 0 Å². The normalized spacial score (nSPS) is 20.0. The zero-order chi connectivity index (χ0) is 18.2. The molecule has 6 heteroatoms. The summed E-state index contributed by atoms with van der Waals surface area (Å²) in [4.78, 5) is 8.91. The SMILES string of the molecule is CCC1CCCC(NC(=NC)NCc2nccn2Cc2ccccc2)C1.I. The second-order valence-electron chi connectivity index (χ2n) is 7.16. The van der Waals surface area contributed by atoms with Crippen molar-refractivity contribution < 1.29 is 0 Å². The summed E-state index contributed by atoms with van der Waals surface area (Å²) in [5.41, 5.74) is 1.28. The molecule has 2 unspecified atom stereocenters. The number of nitrogens with one attached hydrogen (secondary N) is 2. The zero-order valence-electron chi connectivity index (χ0n) is 16.4. The number of rotatable bonds is 6. The van der Waals surface area contributed by atoms with Gasteiger partial charge >= 0.3 is 0 Å². The first-order chi connectivity index (χ1) is 12.8. The van der Waals surface area contributed by atoms with E-state index in [-0.39, 0.29) is 24.0 Å². The van der Waals surface area contributed by atoms with Gasteiger partial charge in [0.05, 0.1) is 6.54 Å². The van der Waals surface area contributed by atoms with Crippen LogP contribution in [-0.2, 0) is 13.1 Å². The van der Waals surface area contributed by atoms with Gasteiger partial charge in [-0.25, -0.2) is 4.98 Å². The molecule has 0 bridgehead atoms. The minimum absolute atomic E-state index is 0. The van der Waals surface area contributed by atoms with Crippen molar-refractivity contribution in [2.24, 2.45) is 10.9 Å². The van der Waals surface area contributed by atoms with Gasteiger partial charge in [0, 0.05) is 32.0 Å². The van der Waals surface area contributed by atoms with Gasteiger partial charge in [-0.1, -0.05) is 56.5 Å². The molecule has 2 atom stereocenters. The molecule has 0 aliphatic heterocycles. The van der Waals surface area contributed by atoms with Gasteiger partial charge in [-0.3, -0.25) is 4.99 Å². The molecule has 1 aromatic heterocycles. The summed E-state index contributed by atoms with van der Waals surface area (Å²) >= 11 is 0. The Labute approximate surface area is 180 Å². The lowest BCUT2D eigenvalue weighted by molar-refractivity contribution is 0.298. The molecule has 27 heavy (non-hydrogen) atoms. The topological polar surface area (TPSA) is 54.2 Å². The Balaban J connectivity index is 0.00000261. The summed E-state index contributed by atoms with van der Waals surface area (Å²) in [5.74, 6) is 2.75. The minimum atomic E-state index is 0. The summed E-state index contributed by atoms with van der Waals surface area (Å²) in [5, 5.41) is 7.04. The van der Waals surface area contributed by atoms with Crippen molar-refractivity contribution in [1.29, 1.82) is 0 Å². The highest BCUT2D eigenvalue weighted by atomic mass is 127. The third-order valence-electron chi connectivity index (χ3n) is 5.34. The fourth-order valence-electron chi connectivity index (χ4n) is 3.77. The molecule has 0 saturated heterocycles. The van der Waals surface area contributed by atoms with Gasteiger partial charge in [-0.15, -0.1) is 24.0 Å². The lowest BCUT2D eigenvalue weighted by Crippen LogP contribution is -2.45. The molecule has 0 amide bonds. The van der Waals surface area contributed by atoms with Gasteiger partial charge in [0.25, 0.3) is 0 Å². The number of aliphatic imine (C=N–C) groups is 1. The van der Waals surface area contributed by atoms with Crippen LogP contribution in [0, 0.1) is 5.92 Å². The van der Waals surface area contributed by atoms with Gasteiger partial charge in [-0.05, 0) is 24.3 Å². The van der Waals surface area contributed by atoms with Gasteiger partial charge < -0.3 is 15.2 Å². The van der Waals surface area contributed by atoms with E-state index in [0.717, 1.165) is 24.2 Å². The van der Waals surface area contributed by atoms with Crippen molar-refractivity contribution in [3.05, 3.63) is 54.1 Å². The van der Waals surface area contributed by atoms with Crippen LogP contribution in [0.1, 0.15) is 50.4 Å². The third-order valence-corrected chi connectivity index (χ3v) is 5.34. The average Bonchev–Trinajstić information content (AvgIpc) is 3.13. The van der Waals surface area contributed by atoms with Crippen LogP contribution in [0.3, 0.4) is 0 Å². The van der Waals surface area contributed by atoms with E-state index in [2.05, 4.69) is 56.4 Å². The summed E-state index contributed by atoms with van der Waals surface area (Å²) in [6.07, 6.45) is 10.4. The van der Waals surface area contributed by atoms with E-state index in [1.807, 2.05) is 25.5 Å². The average molecular weight is 481 g/mol. The van der Waals surface area contributed by atoms with E-state index < -0.39 is 0 Å². The summed E-state index contributed by atoms with van der Waals surface area (Å²) in [6.45, 7) is 3.81. The highest BCUT2D eigenvalue weighted by Crippen LogP contribution is 2.26. The molecule has 1 saturated carbocycles. The van der Waals surface area contributed by atoms with E-state index in [9.17, 15) is 0 Å². The predicted octanol–water partition coefficient (Wildman–Crippen LogP) is 4.18. The molecule has 3 rings (SSSR count). The number of imidazole rings is 1. The predicted molar refractivity (Wildman–Crippen MR) is 123 cm³/mol. The molecular weight excluding hydrogens is 449 g/mol. The van der Waals surface area contributed by atoms with Crippen LogP contribution in [0.2, 0.25) is 0 Å². The molecule has 0 spiro atoms. The smallest absolute Gasteiger partial charge is 0.191 e. The minimum Gasteiger partial charge on any atom is -0.354 e. The molecule has 148 valence electrons. The summed E-state index contributed by atoms with van der Waals surface area (Å²) in [7, 11) is 1.84. The number of halogens is 1. The van der Waals surface area contributed by atoms with Crippen molar-refractivity contribution in [3.63, 3.8) is 0 Å². The molecule has 1 aliphatic carbocycles. The quantitative estimate of drug-likeness (QED) is 0.370. The van der Waals surface area contributed by atoms with Crippen LogP contribution in [-0.4, -0.2) is 28.6 Å². The monoisotopic (exact) mass is 481 g/mol. The van der Waals surface area contributed by atoms with Crippen LogP contribution in [0.5, 0.6) is 0 Å². The van der Waals surface area contributed by atoms with Gasteiger partial charge in [0.15, 0.2) is 5.96 Å². The van der Waals surface area contributed by atoms with E-state index in [0.29, 0.717) is 12.6 Å². The standard InChI is InChI=1S/C21H31N5.HI/c1-3-17-10-7-11-19(14-17)25-21(22-2)24-15-20-23-12-13-26(20)16-18-8-5-4-6-9-18;/h4-6,8-9,12-13,17,19H,3,7,10-11,14-16H2,1-2H3,(H2,22,24,25);1H. The second-order valence-corrected chi connectivity index (χ2v) is 7.16. The lowest BCUT2D eigenvalue weighted by atomic mass is 9.84. The Hall–Kier alpha value is -1.57. The number of benzene rings is 1. The molecule has 1 aliphatic rings. The molecule has 2 N–H and O–H groups in total. The molecule has 1 aromatic carbocycles. The first-order valence-electron chi connectivity index (χ1n) is 9.79. The van der Waals surface area contributed by atoms with Crippen LogP contribution in [0.4, 0.5) is 0 Å². The van der Waals surface area contributed by atoms with Crippen LogP contribution < -0.4 is 10.6 Å². The van der Waals surface area contributed by atoms with Crippen molar-refractivity contribution in [1.82, 2.24) is 20.2 Å². The maximum atomic E-state index is 4.51. The fourth-order valence-corrected chi connectivity index (χ4v) is 3.77. The summed E-state index contributed by atoms with van der Waals surface area (Å²) in [6, 6.07) is 11.0. The molecule has 2 aromatic rings. The molecular formula is C21H32IN5. The first kappa shape index (κ1) is 21.7. The van der Waals surface area contributed by atoms with Gasteiger partial charge in [0.1, 0.15) is 5.82 Å². The van der Waals surface area contributed by atoms with Crippen molar-refractivity contribution in [2.75, 3.05) is 7.05 Å². The molecule has 1 heterocycles. The van der Waals surface area contributed by atoms with Crippen molar-refractivity contribution in [2.45, 2.75) is 58.2 Å². The second kappa shape index (κ2) is 11.3. The van der Waals surface area contributed by atoms with Crippen molar-refractivity contribution >= 4 is 29.9 Å². The molecule has 5 nitrogen and oxygen atoms in total. The highest BCUT2D eigenvalue weighted by molar-refractivity contribution is 14.0. The van der Waals surface area contributed by atoms with E-state index in [4.69, 9.17) is 0 Å². The number of hydrogen-bond acceptors (Lipinski definition) is 2. The first-order valence-corrected chi connectivity index (χ1v) is 9.79. The van der Waals surface area contributed by atoms with E-state index >= 15 is 0 Å². The van der Waals surface area contributed by atoms with Gasteiger partial charge in [-0.2, -0.15) is 0 Å². The zero-order valence-corrected chi connectivity index (χ0v) is 18.7. The molecule has 1 fully saturated rings. The molecule has 0 radical (unpaired) electrons. The maximum absolute atomic E-state index is 4.51. The third kappa shape index (κ3) is 6.52. The Kier molecular flexibility index (Phi) is 9.10. The largest absolute Gasteiger partial charge is 0.354 e. The van der Waals surface area contributed by atoms with Crippen molar-refractivity contribution in [3.8, 4) is 0 Å². The number of hydrogen-bond donors (Lipinski definition) is 2. The Morgan fingerprint density at radius 2 is 2.07 bits per heavy atom. The van der Waals surface area contributed by atoms with Crippen LogP contribution >= 0.6 is 24.0 Å². The Morgan fingerprint density at radius 1 is 1.26 bits per heavy atom. The van der Waals surface area contributed by atoms with Gasteiger partial charge in [0.2, 0.25) is 0 Å². The number of aromatic nitrogens is 2. The fraction of sp³-hybridized carbons (Fsp3) is 0.524. The lowest BCUT2D eigenvalue weighted by Gasteiger charge is -2.30. The number of guanidine groups is 1. The van der Waals surface area contributed by atoms with Crippen LogP contribution in [0.15, 0.2) is 47.7 Å². The Morgan fingerprint density at radius 3 is 2.81 bits per heavy atom. The maximum Gasteiger partial charge on any atom is 0.191 e. The summed E-state index contributed by atoms with van der Waals surface area (Å²) < 4.78 is 2.18. The van der Waals surface area contributed by atoms with E-state index in [1.165, 1.54) is 37.7 Å². The Bertz CT molecular complexity index is 698. The van der Waals surface area contributed by atoms with Crippen LogP contribution in [0.25, 0.3) is 0 Å². The number of nitrogens with zero attached hydrogens (tertiary/aromatic N) is 3. The highest BCUT2D eigenvalue weighted by Gasteiger charge is 2.21.